The fraction of sp³-hybridized carbons (Fsp3) is 0.0909. The van der Waals surface area contributed by atoms with Gasteiger partial charge in [0.1, 0.15) is 11.3 Å². The molecule has 0 atom stereocenters. The molecule has 0 saturated heterocycles. The van der Waals surface area contributed by atoms with Crippen molar-refractivity contribution in [1.82, 2.24) is 0 Å². The number of benzene rings is 1. The summed E-state index contributed by atoms with van der Waals surface area (Å²) in [5, 5.41) is 18.9. The molecule has 0 aliphatic carbocycles. The van der Waals surface area contributed by atoms with Crippen LogP contribution in [0.3, 0.4) is 0 Å². The van der Waals surface area contributed by atoms with E-state index in [4.69, 9.17) is 9.15 Å². The van der Waals surface area contributed by atoms with E-state index in [1.807, 2.05) is 0 Å². The number of ether oxygens (including phenoxy) is 1. The van der Waals surface area contributed by atoms with E-state index in [9.17, 15) is 19.8 Å². The van der Waals surface area contributed by atoms with Gasteiger partial charge in [0.2, 0.25) is 5.75 Å². The Bertz CT molecular complexity index is 655. The van der Waals surface area contributed by atoms with Crippen molar-refractivity contribution in [3.05, 3.63) is 28.6 Å². The maximum Gasteiger partial charge on any atom is 0.382 e. The van der Waals surface area contributed by atoms with Crippen LogP contribution >= 0.6 is 0 Å². The van der Waals surface area contributed by atoms with Gasteiger partial charge in [0, 0.05) is 13.0 Å². The topological polar surface area (TPSA) is 97.0 Å². The van der Waals surface area contributed by atoms with Crippen molar-refractivity contribution < 1.29 is 24.2 Å². The molecule has 2 rings (SSSR count). The van der Waals surface area contributed by atoms with Crippen LogP contribution in [0, 0.1) is 0 Å². The van der Waals surface area contributed by atoms with E-state index in [0.717, 1.165) is 6.92 Å². The van der Waals surface area contributed by atoms with Gasteiger partial charge in [0.05, 0.1) is 5.39 Å². The number of phenols is 1. The van der Waals surface area contributed by atoms with Gasteiger partial charge in [-0.15, -0.1) is 0 Å². The summed E-state index contributed by atoms with van der Waals surface area (Å²) in [5.74, 6) is -1.84. The molecule has 17 heavy (non-hydrogen) atoms. The molecule has 1 aromatic heterocycles. The summed E-state index contributed by atoms with van der Waals surface area (Å²) in [5.41, 5.74) is -1.02. The number of hydrogen-bond donors (Lipinski definition) is 2. The maximum atomic E-state index is 11.3. The first-order valence-electron chi connectivity index (χ1n) is 4.66. The monoisotopic (exact) mass is 236 g/mol. The minimum Gasteiger partial charge on any atom is -0.508 e. The van der Waals surface area contributed by atoms with Crippen LogP contribution in [0.25, 0.3) is 11.0 Å². The largest absolute Gasteiger partial charge is 0.508 e. The Labute approximate surface area is 94.7 Å². The predicted octanol–water partition coefficient (Wildman–Crippen LogP) is 1.13. The lowest BCUT2D eigenvalue weighted by Gasteiger charge is -2.06. The Morgan fingerprint density at radius 2 is 2.06 bits per heavy atom. The third-order valence-electron chi connectivity index (χ3n) is 2.07. The summed E-state index contributed by atoms with van der Waals surface area (Å²) >= 11 is 0. The molecule has 0 amide bonds. The van der Waals surface area contributed by atoms with Gasteiger partial charge in [-0.2, -0.15) is 0 Å². The number of phenolic OH excluding ortho intramolecular Hbond substituents is 1. The summed E-state index contributed by atoms with van der Waals surface area (Å²) in [6.45, 7) is 1.14. The zero-order valence-corrected chi connectivity index (χ0v) is 8.76. The van der Waals surface area contributed by atoms with Crippen LogP contribution in [0.15, 0.2) is 27.4 Å². The molecule has 88 valence electrons. The van der Waals surface area contributed by atoms with Crippen molar-refractivity contribution in [2.45, 2.75) is 6.92 Å². The quantitative estimate of drug-likeness (QED) is 0.569. The number of rotatable bonds is 1. The number of hydrogen-bond acceptors (Lipinski definition) is 6. The van der Waals surface area contributed by atoms with Crippen LogP contribution in [0.5, 0.6) is 17.2 Å². The summed E-state index contributed by atoms with van der Waals surface area (Å²) < 4.78 is 9.49. The van der Waals surface area contributed by atoms with Crippen molar-refractivity contribution in [2.24, 2.45) is 0 Å². The van der Waals surface area contributed by atoms with Gasteiger partial charge >= 0.3 is 11.6 Å². The van der Waals surface area contributed by atoms with Crippen LogP contribution < -0.4 is 10.4 Å². The zero-order chi connectivity index (χ0) is 12.6. The number of fused-ring (bicyclic) bond motifs is 1. The number of aromatic hydroxyl groups is 2. The predicted molar refractivity (Wildman–Crippen MR) is 57.1 cm³/mol. The van der Waals surface area contributed by atoms with Crippen LogP contribution in [-0.4, -0.2) is 16.2 Å². The molecule has 0 aliphatic heterocycles. The van der Waals surface area contributed by atoms with Crippen LogP contribution in [0.2, 0.25) is 0 Å². The summed E-state index contributed by atoms with van der Waals surface area (Å²) in [6, 6.07) is 3.86. The van der Waals surface area contributed by atoms with Crippen molar-refractivity contribution in [3.8, 4) is 17.2 Å². The highest BCUT2D eigenvalue weighted by Crippen LogP contribution is 2.33. The van der Waals surface area contributed by atoms with Crippen molar-refractivity contribution in [1.29, 1.82) is 0 Å². The Kier molecular flexibility index (Phi) is 2.47. The minimum atomic E-state index is -1.04. The molecule has 0 radical (unpaired) electrons. The Hall–Kier alpha value is -2.50. The molecule has 0 spiro atoms. The second-order valence-electron chi connectivity index (χ2n) is 3.34. The molecule has 0 saturated carbocycles. The fourth-order valence-electron chi connectivity index (χ4n) is 1.40. The van der Waals surface area contributed by atoms with Gasteiger partial charge in [-0.25, -0.2) is 4.79 Å². The second kappa shape index (κ2) is 3.82. The van der Waals surface area contributed by atoms with Gasteiger partial charge in [-0.05, 0) is 12.1 Å². The average Bonchev–Trinajstić information content (AvgIpc) is 2.24. The van der Waals surface area contributed by atoms with Gasteiger partial charge in [0.15, 0.2) is 5.75 Å². The molecule has 0 fully saturated rings. The third-order valence-corrected chi connectivity index (χ3v) is 2.07. The molecule has 2 aromatic rings. The van der Waals surface area contributed by atoms with E-state index in [1.54, 1.807) is 0 Å². The number of esters is 1. The molecule has 0 aliphatic rings. The number of carbonyl (C=O) groups is 1. The minimum absolute atomic E-state index is 0.0176. The summed E-state index contributed by atoms with van der Waals surface area (Å²) in [7, 11) is 0. The second-order valence-corrected chi connectivity index (χ2v) is 3.34. The lowest BCUT2D eigenvalue weighted by Crippen LogP contribution is -2.07. The Morgan fingerprint density at radius 1 is 1.35 bits per heavy atom. The van der Waals surface area contributed by atoms with Gasteiger partial charge in [0.25, 0.3) is 0 Å². The van der Waals surface area contributed by atoms with Crippen LogP contribution in [-0.2, 0) is 4.79 Å². The van der Waals surface area contributed by atoms with Gasteiger partial charge < -0.3 is 19.4 Å². The van der Waals surface area contributed by atoms with Crippen LogP contribution in [0.1, 0.15) is 6.92 Å². The van der Waals surface area contributed by atoms with E-state index in [0.29, 0.717) is 0 Å². The van der Waals surface area contributed by atoms with E-state index in [2.05, 4.69) is 0 Å². The molecule has 6 nitrogen and oxygen atoms in total. The first kappa shape index (κ1) is 11.0. The van der Waals surface area contributed by atoms with Gasteiger partial charge in [-0.1, -0.05) is 0 Å². The zero-order valence-electron chi connectivity index (χ0n) is 8.76. The highest BCUT2D eigenvalue weighted by molar-refractivity contribution is 5.88. The highest BCUT2D eigenvalue weighted by atomic mass is 16.5. The number of carbonyl (C=O) groups excluding carboxylic acids is 1. The first-order chi connectivity index (χ1) is 7.99. The maximum absolute atomic E-state index is 11.3. The first-order valence-corrected chi connectivity index (χ1v) is 4.66. The molecular formula is C11H8O6. The van der Waals surface area contributed by atoms with Crippen LogP contribution in [0.4, 0.5) is 0 Å². The highest BCUT2D eigenvalue weighted by Gasteiger charge is 2.17. The van der Waals surface area contributed by atoms with Gasteiger partial charge in [-0.3, -0.25) is 4.79 Å². The summed E-state index contributed by atoms with van der Waals surface area (Å²) in [6.07, 6.45) is 0. The summed E-state index contributed by atoms with van der Waals surface area (Å²) in [4.78, 5) is 22.1. The SMILES string of the molecule is CC(=O)Oc1c(O)c(=O)oc2cc(O)ccc12. The van der Waals surface area contributed by atoms with Crippen molar-refractivity contribution >= 4 is 16.9 Å². The lowest BCUT2D eigenvalue weighted by molar-refractivity contribution is -0.131. The molecule has 1 heterocycles. The van der Waals surface area contributed by atoms with E-state index in [-0.39, 0.29) is 22.5 Å². The standard InChI is InChI=1S/C11H8O6/c1-5(12)16-10-7-3-2-6(13)4-8(7)17-11(15)9(10)14/h2-4,13-14H,1H3. The van der Waals surface area contributed by atoms with E-state index < -0.39 is 17.3 Å². The molecule has 0 unspecified atom stereocenters. The van der Waals surface area contributed by atoms with E-state index in [1.165, 1.54) is 18.2 Å². The Morgan fingerprint density at radius 3 is 2.71 bits per heavy atom. The fourth-order valence-corrected chi connectivity index (χ4v) is 1.40. The lowest BCUT2D eigenvalue weighted by atomic mass is 10.2. The van der Waals surface area contributed by atoms with Crippen molar-refractivity contribution in [2.75, 3.05) is 0 Å². The molecule has 0 bridgehead atoms. The molecular weight excluding hydrogens is 228 g/mol. The Balaban J connectivity index is 2.82. The smallest absolute Gasteiger partial charge is 0.382 e. The third kappa shape index (κ3) is 1.92. The average molecular weight is 236 g/mol. The molecule has 1 aromatic carbocycles. The van der Waals surface area contributed by atoms with Crippen molar-refractivity contribution in [3.63, 3.8) is 0 Å². The van der Waals surface area contributed by atoms with E-state index >= 15 is 0 Å². The molecule has 2 N–H and O–H groups in total. The molecule has 6 heteroatoms. The normalized spacial score (nSPS) is 10.4.